The number of rotatable bonds is 4. The summed E-state index contributed by atoms with van der Waals surface area (Å²) in [5.41, 5.74) is 6.97. The van der Waals surface area contributed by atoms with Crippen molar-refractivity contribution in [2.75, 3.05) is 31.1 Å². The summed E-state index contributed by atoms with van der Waals surface area (Å²) in [4.78, 5) is 17.4. The lowest BCUT2D eigenvalue weighted by Crippen LogP contribution is -2.51. The Morgan fingerprint density at radius 3 is 2.64 bits per heavy atom. The van der Waals surface area contributed by atoms with Crippen LogP contribution in [0.2, 0.25) is 5.02 Å². The van der Waals surface area contributed by atoms with Gasteiger partial charge >= 0.3 is 0 Å². The van der Waals surface area contributed by atoms with Crippen molar-refractivity contribution >= 4 is 58.0 Å². The standard InChI is InChI=1S/C17H18ClN7OS.HI/c18-13-3-1-12(2-4-13)15-22-14(26-23-15)11-21-16(19)24-6-8-25(9-7-24)17-20-5-10-27-17;/h1-5,10H,6-9,11H2,(H2,19,21);1H. The first-order valence-corrected chi connectivity index (χ1v) is 9.72. The molecule has 0 atom stereocenters. The molecule has 1 aliphatic rings. The Morgan fingerprint density at radius 2 is 1.96 bits per heavy atom. The lowest BCUT2D eigenvalue weighted by Gasteiger charge is -2.35. The Balaban J connectivity index is 0.00000225. The van der Waals surface area contributed by atoms with Crippen molar-refractivity contribution in [3.63, 3.8) is 0 Å². The molecule has 0 radical (unpaired) electrons. The molecule has 28 heavy (non-hydrogen) atoms. The Hall–Kier alpha value is -1.92. The third-order valence-corrected chi connectivity index (χ3v) is 5.32. The van der Waals surface area contributed by atoms with Crippen molar-refractivity contribution in [3.05, 3.63) is 46.8 Å². The van der Waals surface area contributed by atoms with Crippen molar-refractivity contribution in [3.8, 4) is 11.4 Å². The molecule has 11 heteroatoms. The van der Waals surface area contributed by atoms with E-state index in [-0.39, 0.29) is 30.5 Å². The van der Waals surface area contributed by atoms with Crippen LogP contribution in [0.25, 0.3) is 11.4 Å². The molecule has 0 aliphatic carbocycles. The second-order valence-electron chi connectivity index (χ2n) is 5.98. The van der Waals surface area contributed by atoms with Gasteiger partial charge in [0.2, 0.25) is 11.7 Å². The number of anilines is 1. The molecule has 0 amide bonds. The number of halogens is 2. The van der Waals surface area contributed by atoms with E-state index in [1.807, 2.05) is 23.7 Å². The number of hydrogen-bond acceptors (Lipinski definition) is 7. The molecular formula is C17H19ClIN7OS. The maximum Gasteiger partial charge on any atom is 0.248 e. The first kappa shape index (κ1) is 20.8. The highest BCUT2D eigenvalue weighted by Gasteiger charge is 2.20. The van der Waals surface area contributed by atoms with E-state index in [0.717, 1.165) is 36.9 Å². The van der Waals surface area contributed by atoms with Gasteiger partial charge < -0.3 is 20.1 Å². The number of thiazole rings is 1. The normalized spacial score (nSPS) is 14.8. The maximum absolute atomic E-state index is 6.13. The summed E-state index contributed by atoms with van der Waals surface area (Å²) in [5, 5.41) is 7.67. The summed E-state index contributed by atoms with van der Waals surface area (Å²) in [7, 11) is 0. The van der Waals surface area contributed by atoms with E-state index in [4.69, 9.17) is 21.9 Å². The largest absolute Gasteiger partial charge is 0.370 e. The van der Waals surface area contributed by atoms with Crippen molar-refractivity contribution in [1.29, 1.82) is 0 Å². The molecule has 1 fully saturated rings. The first-order chi connectivity index (χ1) is 13.2. The van der Waals surface area contributed by atoms with Gasteiger partial charge in [-0.05, 0) is 24.3 Å². The lowest BCUT2D eigenvalue weighted by atomic mass is 10.2. The van der Waals surface area contributed by atoms with Gasteiger partial charge in [-0.25, -0.2) is 9.98 Å². The minimum absolute atomic E-state index is 0. The molecular weight excluding hydrogens is 513 g/mol. The summed E-state index contributed by atoms with van der Waals surface area (Å²) in [6.07, 6.45) is 1.82. The van der Waals surface area contributed by atoms with E-state index in [1.165, 1.54) is 0 Å². The number of aromatic nitrogens is 3. The van der Waals surface area contributed by atoms with Gasteiger partial charge in [0, 0.05) is 48.3 Å². The number of hydrogen-bond donors (Lipinski definition) is 1. The molecule has 0 spiro atoms. The van der Waals surface area contributed by atoms with Gasteiger partial charge in [-0.3, -0.25) is 0 Å². The lowest BCUT2D eigenvalue weighted by molar-refractivity contribution is 0.370. The van der Waals surface area contributed by atoms with Crippen LogP contribution in [-0.4, -0.2) is 52.2 Å². The number of nitrogens with two attached hydrogens (primary N) is 1. The number of aliphatic imine (C=N–C) groups is 1. The Bertz CT molecular complexity index is 908. The second-order valence-corrected chi connectivity index (χ2v) is 7.29. The molecule has 2 N–H and O–H groups in total. The summed E-state index contributed by atoms with van der Waals surface area (Å²) >= 11 is 7.54. The van der Waals surface area contributed by atoms with Crippen LogP contribution in [0.4, 0.5) is 5.13 Å². The minimum atomic E-state index is 0. The van der Waals surface area contributed by atoms with Gasteiger partial charge in [0.25, 0.3) is 0 Å². The third-order valence-electron chi connectivity index (χ3n) is 4.24. The van der Waals surface area contributed by atoms with Gasteiger partial charge in [0.05, 0.1) is 0 Å². The van der Waals surface area contributed by atoms with Crippen LogP contribution in [0.3, 0.4) is 0 Å². The van der Waals surface area contributed by atoms with Crippen LogP contribution in [-0.2, 0) is 6.54 Å². The molecule has 8 nitrogen and oxygen atoms in total. The number of guanidine groups is 1. The molecule has 2 aromatic heterocycles. The van der Waals surface area contributed by atoms with Crippen molar-refractivity contribution in [1.82, 2.24) is 20.0 Å². The minimum Gasteiger partial charge on any atom is -0.370 e. The van der Waals surface area contributed by atoms with Crippen molar-refractivity contribution in [2.45, 2.75) is 6.54 Å². The molecule has 4 rings (SSSR count). The number of piperazine rings is 1. The fourth-order valence-electron chi connectivity index (χ4n) is 2.78. The van der Waals surface area contributed by atoms with Crippen LogP contribution in [0.15, 0.2) is 45.4 Å². The SMILES string of the molecule is I.NC(=NCc1nc(-c2ccc(Cl)cc2)no1)N1CCN(c2nccs2)CC1. The predicted molar refractivity (Wildman–Crippen MR) is 121 cm³/mol. The van der Waals surface area contributed by atoms with E-state index < -0.39 is 0 Å². The van der Waals surface area contributed by atoms with Gasteiger partial charge in [-0.1, -0.05) is 16.8 Å². The molecule has 1 saturated heterocycles. The average molecular weight is 532 g/mol. The summed E-state index contributed by atoms with van der Waals surface area (Å²) in [6, 6.07) is 7.26. The fourth-order valence-corrected chi connectivity index (χ4v) is 3.61. The van der Waals surface area contributed by atoms with Crippen LogP contribution in [0, 0.1) is 0 Å². The zero-order chi connectivity index (χ0) is 18.6. The predicted octanol–water partition coefficient (Wildman–Crippen LogP) is 3.10. The van der Waals surface area contributed by atoms with Crippen molar-refractivity contribution in [2.24, 2.45) is 10.7 Å². The molecule has 0 unspecified atom stereocenters. The van der Waals surface area contributed by atoms with E-state index in [0.29, 0.717) is 22.7 Å². The zero-order valence-electron chi connectivity index (χ0n) is 14.9. The fraction of sp³-hybridized carbons (Fsp3) is 0.294. The molecule has 1 aliphatic heterocycles. The molecule has 0 bridgehead atoms. The Morgan fingerprint density at radius 1 is 1.21 bits per heavy atom. The molecule has 0 saturated carbocycles. The van der Waals surface area contributed by atoms with Gasteiger partial charge in [-0.2, -0.15) is 4.98 Å². The van der Waals surface area contributed by atoms with E-state index in [1.54, 1.807) is 23.5 Å². The van der Waals surface area contributed by atoms with Crippen LogP contribution in [0.1, 0.15) is 5.89 Å². The van der Waals surface area contributed by atoms with E-state index >= 15 is 0 Å². The second kappa shape index (κ2) is 9.52. The van der Waals surface area contributed by atoms with Crippen LogP contribution >= 0.6 is 46.9 Å². The maximum atomic E-state index is 6.13. The molecule has 3 aromatic rings. The zero-order valence-corrected chi connectivity index (χ0v) is 18.8. The average Bonchev–Trinajstić information content (AvgIpc) is 3.39. The number of nitrogens with zero attached hydrogens (tertiary/aromatic N) is 6. The van der Waals surface area contributed by atoms with Gasteiger partial charge in [0.1, 0.15) is 6.54 Å². The van der Waals surface area contributed by atoms with Gasteiger partial charge in [-0.15, -0.1) is 35.3 Å². The Labute approximate surface area is 188 Å². The highest BCUT2D eigenvalue weighted by molar-refractivity contribution is 14.0. The molecule has 148 valence electrons. The molecule has 3 heterocycles. The summed E-state index contributed by atoms with van der Waals surface area (Å²) in [5.74, 6) is 1.41. The van der Waals surface area contributed by atoms with E-state index in [2.05, 4.69) is 29.9 Å². The summed E-state index contributed by atoms with van der Waals surface area (Å²) < 4.78 is 5.26. The number of benzene rings is 1. The highest BCUT2D eigenvalue weighted by atomic mass is 127. The highest BCUT2D eigenvalue weighted by Crippen LogP contribution is 2.20. The van der Waals surface area contributed by atoms with Crippen LogP contribution < -0.4 is 10.6 Å². The van der Waals surface area contributed by atoms with Crippen LogP contribution in [0.5, 0.6) is 0 Å². The van der Waals surface area contributed by atoms with E-state index in [9.17, 15) is 0 Å². The third kappa shape index (κ3) is 4.92. The smallest absolute Gasteiger partial charge is 0.248 e. The monoisotopic (exact) mass is 531 g/mol. The first-order valence-electron chi connectivity index (χ1n) is 8.47. The molecule has 1 aromatic carbocycles. The Kier molecular flexibility index (Phi) is 7.08. The van der Waals surface area contributed by atoms with Gasteiger partial charge in [0.15, 0.2) is 11.1 Å². The summed E-state index contributed by atoms with van der Waals surface area (Å²) in [6.45, 7) is 3.58. The van der Waals surface area contributed by atoms with Crippen molar-refractivity contribution < 1.29 is 4.52 Å². The topological polar surface area (TPSA) is 96.7 Å². The quantitative estimate of drug-likeness (QED) is 0.314.